The molecule has 0 saturated carbocycles. The first-order chi connectivity index (χ1) is 25.6. The number of nitrogens with two attached hydrogens (primary N) is 2. The van der Waals surface area contributed by atoms with Gasteiger partial charge in [0.05, 0.1) is 49.0 Å². The highest BCUT2D eigenvalue weighted by Crippen LogP contribution is 2.34. The molecule has 53 heavy (non-hydrogen) atoms. The summed E-state index contributed by atoms with van der Waals surface area (Å²) < 4.78 is 20.6. The molecule has 1 unspecified atom stereocenters. The molecule has 7 rings (SSSR count). The van der Waals surface area contributed by atoms with Gasteiger partial charge in [-0.15, -0.1) is 0 Å². The van der Waals surface area contributed by atoms with Crippen LogP contribution in [0, 0.1) is 0 Å². The number of primary amides is 2. The quantitative estimate of drug-likeness (QED) is 0.0934. The highest BCUT2D eigenvalue weighted by molar-refractivity contribution is 6.31. The molecule has 274 valence electrons. The molecule has 6 aromatic heterocycles. The maximum Gasteiger partial charge on any atom is 0.254 e. The van der Waals surface area contributed by atoms with E-state index in [1.165, 1.54) is 21.4 Å². The van der Waals surface area contributed by atoms with Crippen molar-refractivity contribution >= 4 is 69.4 Å². The predicted molar refractivity (Wildman–Crippen MR) is 196 cm³/mol. The monoisotopic (exact) mass is 742 g/mol. The van der Waals surface area contributed by atoms with Crippen molar-refractivity contribution in [3.05, 3.63) is 70.8 Å². The van der Waals surface area contributed by atoms with Crippen LogP contribution in [0.1, 0.15) is 46.7 Å². The zero-order valence-corrected chi connectivity index (χ0v) is 29.5. The fourth-order valence-electron chi connectivity index (χ4n) is 5.53. The maximum atomic E-state index is 12.3. The first-order valence-corrected chi connectivity index (χ1v) is 16.8. The fourth-order valence-corrected chi connectivity index (χ4v) is 5.75. The van der Waals surface area contributed by atoms with E-state index in [1.807, 2.05) is 13.8 Å². The number of carbonyl (C=O) groups is 2. The average molecular weight is 743 g/mol. The van der Waals surface area contributed by atoms with Gasteiger partial charge in [0.1, 0.15) is 51.9 Å². The van der Waals surface area contributed by atoms with Gasteiger partial charge in [0, 0.05) is 31.8 Å². The Hall–Kier alpha value is -6.47. The van der Waals surface area contributed by atoms with Crippen LogP contribution in [0.15, 0.2) is 48.9 Å². The van der Waals surface area contributed by atoms with Crippen molar-refractivity contribution in [1.29, 1.82) is 0 Å². The van der Waals surface area contributed by atoms with E-state index < -0.39 is 11.8 Å². The van der Waals surface area contributed by atoms with Gasteiger partial charge in [0.15, 0.2) is 11.3 Å². The number of hydrogen-bond acceptors (Lipinski definition) is 15. The third-order valence-corrected chi connectivity index (χ3v) is 8.32. The SMILES string of the molecule is CNc1cc(Nc2cc(Cl)c(CNc3cc(Nc4cccnc4OC(C)C)nc4c(C(N)=O)cnn34)nc2OC2CCOC2)nc2c(C(N)=O)cnn12. The van der Waals surface area contributed by atoms with Crippen molar-refractivity contribution in [2.45, 2.75) is 39.0 Å². The maximum absolute atomic E-state index is 12.3. The van der Waals surface area contributed by atoms with Gasteiger partial charge in [0.25, 0.3) is 11.8 Å². The molecule has 20 heteroatoms. The van der Waals surface area contributed by atoms with Crippen molar-refractivity contribution in [1.82, 2.24) is 39.2 Å². The largest absolute Gasteiger partial charge is 0.473 e. The molecular weight excluding hydrogens is 708 g/mol. The molecule has 1 aliphatic rings. The fraction of sp³-hybridized carbons (Fsp3) is 0.273. The van der Waals surface area contributed by atoms with Gasteiger partial charge in [-0.3, -0.25) is 9.59 Å². The van der Waals surface area contributed by atoms with Gasteiger partial charge < -0.3 is 46.9 Å². The number of rotatable bonds is 14. The van der Waals surface area contributed by atoms with Crippen LogP contribution in [-0.2, 0) is 11.3 Å². The van der Waals surface area contributed by atoms with Crippen LogP contribution in [0.4, 0.5) is 34.6 Å². The van der Waals surface area contributed by atoms with E-state index >= 15 is 0 Å². The van der Waals surface area contributed by atoms with Crippen molar-refractivity contribution in [2.75, 3.05) is 41.5 Å². The Morgan fingerprint density at radius 1 is 0.962 bits per heavy atom. The lowest BCUT2D eigenvalue weighted by Gasteiger charge is -2.19. The predicted octanol–water partition coefficient (Wildman–Crippen LogP) is 3.51. The smallest absolute Gasteiger partial charge is 0.254 e. The Balaban J connectivity index is 1.22. The van der Waals surface area contributed by atoms with E-state index in [0.717, 1.165) is 0 Å². The Kier molecular flexibility index (Phi) is 9.66. The lowest BCUT2D eigenvalue weighted by atomic mass is 10.3. The molecule has 6 aromatic rings. The molecule has 7 heterocycles. The number of aromatic nitrogens is 8. The minimum Gasteiger partial charge on any atom is -0.473 e. The number of nitrogens with one attached hydrogen (secondary N) is 4. The second-order valence-corrected chi connectivity index (χ2v) is 12.5. The van der Waals surface area contributed by atoms with Gasteiger partial charge in [0.2, 0.25) is 11.8 Å². The van der Waals surface area contributed by atoms with E-state index in [0.29, 0.717) is 70.9 Å². The third-order valence-electron chi connectivity index (χ3n) is 7.99. The minimum absolute atomic E-state index is 0.0987. The summed E-state index contributed by atoms with van der Waals surface area (Å²) in [4.78, 5) is 42.7. The number of carbonyl (C=O) groups excluding carboxylic acids is 2. The van der Waals surface area contributed by atoms with E-state index in [9.17, 15) is 9.59 Å². The molecule has 0 radical (unpaired) electrons. The Labute approximate surface area is 306 Å². The van der Waals surface area contributed by atoms with Crippen LogP contribution >= 0.6 is 11.6 Å². The summed E-state index contributed by atoms with van der Waals surface area (Å²) in [7, 11) is 1.71. The zero-order valence-electron chi connectivity index (χ0n) is 28.8. The molecule has 1 atom stereocenters. The van der Waals surface area contributed by atoms with Crippen LogP contribution in [0.2, 0.25) is 5.02 Å². The lowest BCUT2D eigenvalue weighted by Crippen LogP contribution is -2.18. The van der Waals surface area contributed by atoms with Crippen molar-refractivity contribution in [3.63, 3.8) is 0 Å². The molecule has 8 N–H and O–H groups in total. The molecule has 0 aliphatic carbocycles. The van der Waals surface area contributed by atoms with Crippen LogP contribution in [-0.4, -0.2) is 83.4 Å². The van der Waals surface area contributed by atoms with Gasteiger partial charge >= 0.3 is 0 Å². The summed E-state index contributed by atoms with van der Waals surface area (Å²) in [6, 6.07) is 8.62. The molecule has 0 spiro atoms. The standard InChI is InChI=1S/C33H35ClN14O5/c1-16(2)52-32-21(5-4-7-38-32)42-25-11-27(48-31(46-25)19(13-41-48)29(36)50)39-14-23-20(34)9-22(33(44-23)53-17-6-8-51-15-17)43-24-10-26(37-3)47-30(45-24)18(12-40-47)28(35)49/h4-5,7,9-13,16-17,37,39H,6,8,14-15H2,1-3H3,(H2,35,49)(H2,36,50)(H,42,46)(H,43,45). The number of fused-ring (bicyclic) bond motifs is 2. The molecule has 1 fully saturated rings. The lowest BCUT2D eigenvalue weighted by molar-refractivity contribution is 0.0993. The van der Waals surface area contributed by atoms with Crippen LogP contribution in [0.5, 0.6) is 11.8 Å². The average Bonchev–Trinajstić information content (AvgIpc) is 3.89. The Bertz CT molecular complexity index is 2340. The van der Waals surface area contributed by atoms with Crippen molar-refractivity contribution in [3.8, 4) is 11.8 Å². The number of pyridine rings is 2. The zero-order chi connectivity index (χ0) is 37.2. The third kappa shape index (κ3) is 7.32. The summed E-state index contributed by atoms with van der Waals surface area (Å²) in [6.07, 6.45) is 4.61. The van der Waals surface area contributed by atoms with Gasteiger partial charge in [-0.1, -0.05) is 11.6 Å². The topological polar surface area (TPSA) is 248 Å². The molecule has 0 bridgehead atoms. The molecule has 0 aromatic carbocycles. The molecule has 2 amide bonds. The highest BCUT2D eigenvalue weighted by Gasteiger charge is 2.23. The van der Waals surface area contributed by atoms with E-state index in [1.54, 1.807) is 43.6 Å². The van der Waals surface area contributed by atoms with Gasteiger partial charge in [-0.25, -0.2) is 19.9 Å². The number of nitrogens with zero attached hydrogens (tertiary/aromatic N) is 8. The number of anilines is 6. The van der Waals surface area contributed by atoms with E-state index in [4.69, 9.17) is 42.3 Å². The minimum atomic E-state index is -0.694. The number of halogens is 1. The summed E-state index contributed by atoms with van der Waals surface area (Å²) in [5, 5.41) is 21.7. The second kappa shape index (κ2) is 14.6. The first kappa shape index (κ1) is 35.0. The summed E-state index contributed by atoms with van der Waals surface area (Å²) >= 11 is 6.85. The van der Waals surface area contributed by atoms with Crippen LogP contribution in [0.3, 0.4) is 0 Å². The van der Waals surface area contributed by atoms with Crippen molar-refractivity contribution < 1.29 is 23.8 Å². The van der Waals surface area contributed by atoms with Gasteiger partial charge in [-0.05, 0) is 32.0 Å². The van der Waals surface area contributed by atoms with Crippen LogP contribution in [0.25, 0.3) is 11.3 Å². The van der Waals surface area contributed by atoms with Crippen molar-refractivity contribution in [2.24, 2.45) is 11.5 Å². The van der Waals surface area contributed by atoms with Crippen LogP contribution < -0.4 is 42.2 Å². The summed E-state index contributed by atoms with van der Waals surface area (Å²) in [5.41, 5.74) is 13.4. The number of amides is 2. The number of hydrogen-bond donors (Lipinski definition) is 6. The first-order valence-electron chi connectivity index (χ1n) is 16.5. The molecule has 19 nitrogen and oxygen atoms in total. The Morgan fingerprint density at radius 3 is 2.25 bits per heavy atom. The van der Waals surface area contributed by atoms with E-state index in [-0.39, 0.29) is 47.1 Å². The Morgan fingerprint density at radius 2 is 1.62 bits per heavy atom. The summed E-state index contributed by atoms with van der Waals surface area (Å²) in [6.45, 7) is 4.82. The normalized spacial score (nSPS) is 14.1. The highest BCUT2D eigenvalue weighted by atomic mass is 35.5. The molecule has 1 aliphatic heterocycles. The second-order valence-electron chi connectivity index (χ2n) is 12.1. The van der Waals surface area contributed by atoms with E-state index in [2.05, 4.69) is 46.4 Å². The van der Waals surface area contributed by atoms with Gasteiger partial charge in [-0.2, -0.15) is 19.2 Å². The summed E-state index contributed by atoms with van der Waals surface area (Å²) in [5.74, 6) is 0.940. The molecular formula is C33H35ClN14O5. The molecule has 1 saturated heterocycles. The number of ether oxygens (including phenoxy) is 3.